The van der Waals surface area contributed by atoms with E-state index in [-0.39, 0.29) is 36.1 Å². The first kappa shape index (κ1) is 26.9. The number of aryl methyl sites for hydroxylation is 1. The smallest absolute Gasteiger partial charge is 0.225 e. The van der Waals surface area contributed by atoms with E-state index in [1.807, 2.05) is 67.6 Å². The molecule has 2 aromatic heterocycles. The van der Waals surface area contributed by atoms with Crippen LogP contribution in [0.4, 0.5) is 4.39 Å². The van der Waals surface area contributed by atoms with Crippen LogP contribution in [0.25, 0.3) is 11.0 Å². The third-order valence-corrected chi connectivity index (χ3v) is 6.90. The molecule has 0 bridgehead atoms. The molecular formula is C32H29FN2O5. The SMILES string of the molecule is COc1ccc(C(NC(=O)Cc2ccc3oc(C(O)Cc4cc[n+]([O-])cc4F)cc3c2)c2ccccc2)c(C)c1. The van der Waals surface area contributed by atoms with Crippen molar-refractivity contribution in [3.05, 3.63) is 136 Å². The highest BCUT2D eigenvalue weighted by atomic mass is 19.1. The van der Waals surface area contributed by atoms with E-state index < -0.39 is 11.9 Å². The largest absolute Gasteiger partial charge is 0.619 e. The summed E-state index contributed by atoms with van der Waals surface area (Å²) < 4.78 is 25.6. The van der Waals surface area contributed by atoms with Crippen LogP contribution in [0.5, 0.6) is 5.75 Å². The second kappa shape index (κ2) is 11.6. The number of nitrogens with zero attached hydrogens (tertiary/aromatic N) is 1. The quantitative estimate of drug-likeness (QED) is 0.197. The minimum absolute atomic E-state index is 0.0482. The normalized spacial score (nSPS) is 12.7. The Morgan fingerprint density at radius 2 is 1.90 bits per heavy atom. The summed E-state index contributed by atoms with van der Waals surface area (Å²) in [6.07, 6.45) is 0.987. The lowest BCUT2D eigenvalue weighted by Gasteiger charge is -2.22. The molecule has 0 fully saturated rings. The molecule has 2 atom stereocenters. The van der Waals surface area contributed by atoms with Gasteiger partial charge in [-0.3, -0.25) is 4.79 Å². The van der Waals surface area contributed by atoms with E-state index in [0.717, 1.165) is 39.6 Å². The summed E-state index contributed by atoms with van der Waals surface area (Å²) >= 11 is 0. The van der Waals surface area contributed by atoms with Crippen LogP contribution in [-0.4, -0.2) is 18.1 Å². The van der Waals surface area contributed by atoms with Gasteiger partial charge in [-0.05, 0) is 59.5 Å². The topological polar surface area (TPSA) is 98.6 Å². The molecule has 2 unspecified atom stereocenters. The van der Waals surface area contributed by atoms with Gasteiger partial charge in [-0.2, -0.15) is 4.73 Å². The zero-order valence-electron chi connectivity index (χ0n) is 22.1. The zero-order chi connectivity index (χ0) is 28.2. The lowest BCUT2D eigenvalue weighted by Crippen LogP contribution is -2.31. The number of benzene rings is 3. The monoisotopic (exact) mass is 540 g/mol. The number of halogens is 1. The van der Waals surface area contributed by atoms with E-state index in [2.05, 4.69) is 5.32 Å². The highest BCUT2D eigenvalue weighted by Gasteiger charge is 2.21. The summed E-state index contributed by atoms with van der Waals surface area (Å²) in [4.78, 5) is 13.3. The predicted molar refractivity (Wildman–Crippen MR) is 148 cm³/mol. The average Bonchev–Trinajstić information content (AvgIpc) is 3.37. The van der Waals surface area contributed by atoms with E-state index in [1.165, 1.54) is 12.3 Å². The Labute approximate surface area is 231 Å². The van der Waals surface area contributed by atoms with Gasteiger partial charge >= 0.3 is 0 Å². The molecule has 0 radical (unpaired) electrons. The first-order valence-electron chi connectivity index (χ1n) is 12.9. The Balaban J connectivity index is 1.33. The number of furan rings is 1. The fourth-order valence-corrected chi connectivity index (χ4v) is 4.83. The van der Waals surface area contributed by atoms with Crippen LogP contribution >= 0.6 is 0 Å². The van der Waals surface area contributed by atoms with Gasteiger partial charge in [0.25, 0.3) is 0 Å². The van der Waals surface area contributed by atoms with Gasteiger partial charge in [0, 0.05) is 23.4 Å². The minimum Gasteiger partial charge on any atom is -0.619 e. The molecule has 0 aliphatic carbocycles. The van der Waals surface area contributed by atoms with Gasteiger partial charge in [-0.25, -0.2) is 4.39 Å². The molecule has 0 aliphatic heterocycles. The van der Waals surface area contributed by atoms with Crippen LogP contribution in [0, 0.1) is 17.9 Å². The molecule has 5 rings (SSSR count). The number of ether oxygens (including phenoxy) is 1. The molecule has 204 valence electrons. The second-order valence-corrected chi connectivity index (χ2v) is 9.73. The number of amides is 1. The molecule has 0 aliphatic rings. The van der Waals surface area contributed by atoms with Crippen LogP contribution < -0.4 is 14.8 Å². The summed E-state index contributed by atoms with van der Waals surface area (Å²) in [6.45, 7) is 1.99. The van der Waals surface area contributed by atoms with Crippen molar-refractivity contribution in [2.24, 2.45) is 0 Å². The van der Waals surface area contributed by atoms with Crippen LogP contribution in [0.1, 0.15) is 45.7 Å². The average molecular weight is 541 g/mol. The highest BCUT2D eigenvalue weighted by Crippen LogP contribution is 2.29. The number of nitrogens with one attached hydrogen (secondary N) is 1. The van der Waals surface area contributed by atoms with Crippen molar-refractivity contribution in [1.82, 2.24) is 5.32 Å². The molecule has 0 saturated carbocycles. The summed E-state index contributed by atoms with van der Waals surface area (Å²) in [5.74, 6) is 0.178. The minimum atomic E-state index is -1.10. The summed E-state index contributed by atoms with van der Waals surface area (Å²) in [7, 11) is 1.62. The molecule has 8 heteroatoms. The van der Waals surface area contributed by atoms with Gasteiger partial charge in [-0.15, -0.1) is 0 Å². The molecule has 1 amide bonds. The standard InChI is InChI=1S/C32H29FN2O5/c1-20-14-25(39-2)9-10-26(20)32(22-6-4-3-5-7-22)34-31(37)16-21-8-11-29-24(15-21)18-30(40-29)28(36)17-23-12-13-35(38)19-27(23)33/h3-15,18-19,28,32,36H,16-17H2,1-2H3,(H,34,37). The van der Waals surface area contributed by atoms with Crippen molar-refractivity contribution in [2.75, 3.05) is 7.11 Å². The van der Waals surface area contributed by atoms with Gasteiger partial charge in [-0.1, -0.05) is 42.5 Å². The molecule has 7 nitrogen and oxygen atoms in total. The number of carbonyl (C=O) groups is 1. The van der Waals surface area contributed by atoms with E-state index >= 15 is 0 Å². The maximum Gasteiger partial charge on any atom is 0.225 e. The lowest BCUT2D eigenvalue weighted by atomic mass is 9.94. The molecule has 40 heavy (non-hydrogen) atoms. The molecule has 2 N–H and O–H groups in total. The Kier molecular flexibility index (Phi) is 7.79. The van der Waals surface area contributed by atoms with E-state index in [4.69, 9.17) is 9.15 Å². The van der Waals surface area contributed by atoms with Crippen LogP contribution in [-0.2, 0) is 17.6 Å². The Hall–Kier alpha value is -4.69. The molecule has 2 heterocycles. The molecule has 3 aromatic carbocycles. The maximum absolute atomic E-state index is 14.1. The summed E-state index contributed by atoms with van der Waals surface area (Å²) in [6, 6.07) is 23.7. The molecule has 0 saturated heterocycles. The number of aliphatic hydroxyl groups is 1. The number of carbonyl (C=O) groups excluding carboxylic acids is 1. The lowest BCUT2D eigenvalue weighted by molar-refractivity contribution is -0.607. The van der Waals surface area contributed by atoms with Crippen molar-refractivity contribution in [3.63, 3.8) is 0 Å². The second-order valence-electron chi connectivity index (χ2n) is 9.73. The number of hydrogen-bond acceptors (Lipinski definition) is 5. The van der Waals surface area contributed by atoms with Gasteiger partial charge in [0.15, 0.2) is 12.0 Å². The number of methoxy groups -OCH3 is 1. The summed E-state index contributed by atoms with van der Waals surface area (Å²) in [5, 5.41) is 25.8. The van der Waals surface area contributed by atoms with Crippen molar-refractivity contribution >= 4 is 16.9 Å². The molecular weight excluding hydrogens is 511 g/mol. The van der Waals surface area contributed by atoms with Gasteiger partial charge in [0.05, 0.1) is 19.6 Å². The first-order valence-corrected chi connectivity index (χ1v) is 12.9. The molecule has 5 aromatic rings. The van der Waals surface area contributed by atoms with Crippen molar-refractivity contribution in [2.45, 2.75) is 31.9 Å². The number of fused-ring (bicyclic) bond motifs is 1. The highest BCUT2D eigenvalue weighted by molar-refractivity contribution is 5.83. The van der Waals surface area contributed by atoms with Gasteiger partial charge < -0.3 is 24.8 Å². The van der Waals surface area contributed by atoms with Crippen molar-refractivity contribution < 1.29 is 28.2 Å². The van der Waals surface area contributed by atoms with Gasteiger partial charge in [0.1, 0.15) is 23.2 Å². The van der Waals surface area contributed by atoms with Crippen molar-refractivity contribution in [1.29, 1.82) is 0 Å². The number of aromatic nitrogens is 1. The third kappa shape index (κ3) is 5.97. The maximum atomic E-state index is 14.1. The number of rotatable bonds is 9. The van der Waals surface area contributed by atoms with Crippen LogP contribution in [0.3, 0.4) is 0 Å². The fraction of sp³-hybridized carbons (Fsp3) is 0.188. The predicted octanol–water partition coefficient (Wildman–Crippen LogP) is 5.25. The van der Waals surface area contributed by atoms with Crippen LogP contribution in [0.2, 0.25) is 0 Å². The van der Waals surface area contributed by atoms with E-state index in [9.17, 15) is 19.5 Å². The number of aliphatic hydroxyl groups excluding tert-OH is 1. The fourth-order valence-electron chi connectivity index (χ4n) is 4.83. The van der Waals surface area contributed by atoms with Crippen LogP contribution in [0.15, 0.2) is 95.7 Å². The van der Waals surface area contributed by atoms with Gasteiger partial charge in [0.2, 0.25) is 12.1 Å². The first-order chi connectivity index (χ1) is 19.3. The Bertz CT molecular complexity index is 1650. The molecule has 0 spiro atoms. The Morgan fingerprint density at radius 1 is 1.10 bits per heavy atom. The van der Waals surface area contributed by atoms with Crippen molar-refractivity contribution in [3.8, 4) is 5.75 Å². The Morgan fingerprint density at radius 3 is 2.62 bits per heavy atom. The number of pyridine rings is 1. The zero-order valence-corrected chi connectivity index (χ0v) is 22.1. The van der Waals surface area contributed by atoms with E-state index in [1.54, 1.807) is 19.2 Å². The summed E-state index contributed by atoms with van der Waals surface area (Å²) in [5.41, 5.74) is 4.47. The third-order valence-electron chi connectivity index (χ3n) is 6.90. The van der Waals surface area contributed by atoms with E-state index in [0.29, 0.717) is 10.3 Å². The number of hydrogen-bond donors (Lipinski definition) is 2.